The number of nitrogens with zero attached hydrogens (tertiary/aromatic N) is 2. The van der Waals surface area contributed by atoms with Gasteiger partial charge in [-0.1, -0.05) is 23.2 Å². The van der Waals surface area contributed by atoms with Crippen molar-refractivity contribution in [3.63, 3.8) is 0 Å². The molecular weight excluding hydrogens is 443 g/mol. The second kappa shape index (κ2) is 6.13. The van der Waals surface area contributed by atoms with E-state index in [-0.39, 0.29) is 26.7 Å². The van der Waals surface area contributed by atoms with E-state index in [0.717, 1.165) is 6.07 Å². The number of benzene rings is 1. The van der Waals surface area contributed by atoms with Crippen molar-refractivity contribution in [2.24, 2.45) is 0 Å². The highest BCUT2D eigenvalue weighted by Crippen LogP contribution is 2.31. The van der Waals surface area contributed by atoms with Crippen LogP contribution in [0.3, 0.4) is 0 Å². The van der Waals surface area contributed by atoms with Crippen LogP contribution in [0, 0.1) is 16.3 Å². The smallest absolute Gasteiger partial charge is 0.267 e. The Morgan fingerprint density at radius 1 is 1.33 bits per heavy atom. The molecule has 9 heteroatoms. The molecule has 0 amide bonds. The molecule has 1 aromatic carbocycles. The Morgan fingerprint density at radius 3 is 2.52 bits per heavy atom. The largest absolute Gasteiger partial charge is 0.322 e. The minimum absolute atomic E-state index is 0.0737. The molecule has 0 radical (unpaired) electrons. The summed E-state index contributed by atoms with van der Waals surface area (Å²) in [6, 6.07) is 2.39. The summed E-state index contributed by atoms with van der Waals surface area (Å²) in [6.45, 7) is -1.86. The van der Waals surface area contributed by atoms with Crippen molar-refractivity contribution in [3.8, 4) is 11.3 Å². The molecule has 21 heavy (non-hydrogen) atoms. The van der Waals surface area contributed by atoms with Gasteiger partial charge in [0.25, 0.3) is 5.56 Å². The predicted molar refractivity (Wildman–Crippen MR) is 82.6 cm³/mol. The van der Waals surface area contributed by atoms with Gasteiger partial charge in [0.15, 0.2) is 0 Å². The number of aromatic nitrogens is 2. The van der Waals surface area contributed by atoms with Crippen LogP contribution in [0.2, 0.25) is 10.0 Å². The summed E-state index contributed by atoms with van der Waals surface area (Å²) in [5, 5.41) is -0.386. The number of rotatable bonds is 2. The minimum atomic E-state index is -3.08. The lowest BCUT2D eigenvalue weighted by atomic mass is 10.1. The Bertz CT molecular complexity index is 780. The first kappa shape index (κ1) is 16.6. The molecule has 1 aromatic heterocycles. The Kier molecular flexibility index (Phi) is 4.84. The zero-order valence-corrected chi connectivity index (χ0v) is 14.0. The van der Waals surface area contributed by atoms with E-state index in [9.17, 15) is 18.0 Å². The second-order valence-corrected chi connectivity index (χ2v) is 5.97. The van der Waals surface area contributed by atoms with Crippen molar-refractivity contribution in [1.82, 2.24) is 9.55 Å². The van der Waals surface area contributed by atoms with Crippen molar-refractivity contribution < 1.29 is 13.2 Å². The van der Waals surface area contributed by atoms with Gasteiger partial charge >= 0.3 is 6.55 Å². The van der Waals surface area contributed by atoms with Crippen LogP contribution in [0.1, 0.15) is 12.4 Å². The molecule has 0 aliphatic carbocycles. The quantitative estimate of drug-likeness (QED) is 0.494. The van der Waals surface area contributed by atoms with Crippen LogP contribution in [0.4, 0.5) is 13.2 Å². The molecule has 0 bridgehead atoms. The van der Waals surface area contributed by atoms with Crippen LogP contribution >= 0.6 is 45.8 Å². The zero-order chi connectivity index (χ0) is 15.9. The average Bonchev–Trinajstić information content (AvgIpc) is 2.38. The van der Waals surface area contributed by atoms with Crippen LogP contribution in [-0.2, 0) is 0 Å². The molecule has 1 heterocycles. The standard InChI is InChI=1S/C12H6Cl2F3IN2O/c1-4-19-10(9(14)11(21)20(4)12(16)17)5-2-8(18)6(13)3-7(5)15/h2-3,12H,1H3. The Morgan fingerprint density at radius 2 is 1.95 bits per heavy atom. The van der Waals surface area contributed by atoms with Gasteiger partial charge in [0.05, 0.1) is 10.7 Å². The van der Waals surface area contributed by atoms with Gasteiger partial charge in [-0.3, -0.25) is 4.79 Å². The molecule has 0 atom stereocenters. The van der Waals surface area contributed by atoms with Crippen LogP contribution in [0.25, 0.3) is 11.3 Å². The number of hydrogen-bond donors (Lipinski definition) is 0. The maximum Gasteiger partial charge on any atom is 0.322 e. The fourth-order valence-electron chi connectivity index (χ4n) is 1.73. The molecule has 3 nitrogen and oxygen atoms in total. The van der Waals surface area contributed by atoms with Crippen LogP contribution in [-0.4, -0.2) is 9.55 Å². The van der Waals surface area contributed by atoms with Crippen LogP contribution in [0.15, 0.2) is 16.9 Å². The summed E-state index contributed by atoms with van der Waals surface area (Å²) in [5.74, 6) is -1.01. The van der Waals surface area contributed by atoms with E-state index in [1.165, 1.54) is 13.0 Å². The van der Waals surface area contributed by atoms with Crippen LogP contribution in [0.5, 0.6) is 0 Å². The zero-order valence-electron chi connectivity index (χ0n) is 10.3. The lowest BCUT2D eigenvalue weighted by Crippen LogP contribution is -2.25. The third-order valence-corrected chi connectivity index (χ3v) is 4.56. The van der Waals surface area contributed by atoms with Crippen molar-refractivity contribution in [2.45, 2.75) is 13.5 Å². The van der Waals surface area contributed by atoms with E-state index in [1.807, 2.05) is 22.6 Å². The van der Waals surface area contributed by atoms with Gasteiger partial charge in [-0.15, -0.1) is 0 Å². The molecule has 0 aliphatic heterocycles. The lowest BCUT2D eigenvalue weighted by molar-refractivity contribution is 0.0628. The fourth-order valence-corrected chi connectivity index (χ4v) is 2.58. The van der Waals surface area contributed by atoms with E-state index in [1.54, 1.807) is 0 Å². The highest BCUT2D eigenvalue weighted by molar-refractivity contribution is 14.1. The SMILES string of the molecule is Cc1nc(-c2cc(I)c(Cl)cc2F)c(Cl)c(=O)n1C(F)F. The number of aryl methyl sites for hydroxylation is 1. The van der Waals surface area contributed by atoms with E-state index in [0.29, 0.717) is 3.57 Å². The molecule has 0 unspecified atom stereocenters. The van der Waals surface area contributed by atoms with Gasteiger partial charge in [0, 0.05) is 9.13 Å². The maximum absolute atomic E-state index is 14.0. The monoisotopic (exact) mass is 448 g/mol. The third-order valence-electron chi connectivity index (χ3n) is 2.70. The van der Waals surface area contributed by atoms with Crippen LogP contribution < -0.4 is 5.56 Å². The molecular formula is C12H6Cl2F3IN2O. The number of alkyl halides is 2. The van der Waals surface area contributed by atoms with E-state index < -0.39 is 22.9 Å². The van der Waals surface area contributed by atoms with Crippen molar-refractivity contribution in [1.29, 1.82) is 0 Å². The van der Waals surface area contributed by atoms with Gasteiger partial charge in [0.2, 0.25) is 0 Å². The first-order chi connectivity index (χ1) is 9.73. The van der Waals surface area contributed by atoms with Crippen molar-refractivity contribution >= 4 is 45.8 Å². The van der Waals surface area contributed by atoms with Gasteiger partial charge in [-0.05, 0) is 41.6 Å². The molecule has 0 saturated carbocycles. The first-order valence-electron chi connectivity index (χ1n) is 5.45. The topological polar surface area (TPSA) is 34.9 Å². The molecule has 2 rings (SSSR count). The van der Waals surface area contributed by atoms with E-state index in [2.05, 4.69) is 4.98 Å². The Balaban J connectivity index is 2.78. The van der Waals surface area contributed by atoms with E-state index >= 15 is 0 Å². The minimum Gasteiger partial charge on any atom is -0.267 e. The molecule has 112 valence electrons. The Hall–Kier alpha value is -0.800. The number of halogens is 6. The summed E-state index contributed by atoms with van der Waals surface area (Å²) in [4.78, 5) is 15.7. The molecule has 2 aromatic rings. The highest BCUT2D eigenvalue weighted by Gasteiger charge is 2.21. The van der Waals surface area contributed by atoms with Gasteiger partial charge in [0.1, 0.15) is 16.7 Å². The summed E-state index contributed by atoms with van der Waals surface area (Å²) in [6.07, 6.45) is 0. The molecule has 0 aliphatic rings. The normalized spacial score (nSPS) is 11.2. The third kappa shape index (κ3) is 3.04. The average molecular weight is 449 g/mol. The van der Waals surface area contributed by atoms with Crippen molar-refractivity contribution in [2.75, 3.05) is 0 Å². The van der Waals surface area contributed by atoms with Gasteiger partial charge in [-0.2, -0.15) is 8.78 Å². The summed E-state index contributed by atoms with van der Waals surface area (Å²) < 4.78 is 40.2. The molecule has 0 saturated heterocycles. The molecule has 0 spiro atoms. The molecule has 0 N–H and O–H groups in total. The second-order valence-electron chi connectivity index (χ2n) is 4.02. The molecule has 0 fully saturated rings. The van der Waals surface area contributed by atoms with Gasteiger partial charge in [-0.25, -0.2) is 13.9 Å². The highest BCUT2D eigenvalue weighted by atomic mass is 127. The van der Waals surface area contributed by atoms with E-state index in [4.69, 9.17) is 23.2 Å². The maximum atomic E-state index is 14.0. The summed E-state index contributed by atoms with van der Waals surface area (Å²) in [5.41, 5.74) is -1.39. The Labute approximate surface area is 140 Å². The summed E-state index contributed by atoms with van der Waals surface area (Å²) in [7, 11) is 0. The predicted octanol–water partition coefficient (Wildman–Crippen LogP) is 4.66. The lowest BCUT2D eigenvalue weighted by Gasteiger charge is -2.12. The fraction of sp³-hybridized carbons (Fsp3) is 0.167. The summed E-state index contributed by atoms with van der Waals surface area (Å²) >= 11 is 13.4. The number of hydrogen-bond acceptors (Lipinski definition) is 2. The first-order valence-corrected chi connectivity index (χ1v) is 7.29. The van der Waals surface area contributed by atoms with Gasteiger partial charge < -0.3 is 0 Å². The van der Waals surface area contributed by atoms with Crippen molar-refractivity contribution in [3.05, 3.63) is 47.7 Å².